The molecular formula is C6H4Cl2N2O7PS-. The van der Waals surface area contributed by atoms with E-state index < -0.39 is 42.2 Å². The van der Waals surface area contributed by atoms with Gasteiger partial charge in [-0.2, -0.15) is 0 Å². The Balaban J connectivity index is 3.34. The van der Waals surface area contributed by atoms with E-state index in [1.165, 1.54) is 0 Å². The largest absolute Gasteiger partial charge is 0.773 e. The van der Waals surface area contributed by atoms with Crippen molar-refractivity contribution < 1.29 is 24.2 Å². The maximum Gasteiger partial charge on any atom is 0.318 e. The number of hydrogen-bond donors (Lipinski definition) is 1. The van der Waals surface area contributed by atoms with Gasteiger partial charge < -0.3 is 14.3 Å². The third-order valence-electron chi connectivity index (χ3n) is 1.74. The minimum absolute atomic E-state index is 0.567. The highest BCUT2D eigenvalue weighted by Gasteiger charge is 2.22. The summed E-state index contributed by atoms with van der Waals surface area (Å²) < 4.78 is 4.49. The number of nitro benzene ring substituents is 2. The molecule has 1 aromatic rings. The van der Waals surface area contributed by atoms with Crippen LogP contribution in [0.1, 0.15) is 0 Å². The molecule has 0 aromatic heterocycles. The lowest BCUT2D eigenvalue weighted by atomic mass is 10.2. The van der Waals surface area contributed by atoms with Crippen LogP contribution in [0, 0.1) is 20.2 Å². The molecule has 1 rings (SSSR count). The van der Waals surface area contributed by atoms with Crippen LogP contribution < -0.4 is 9.42 Å². The SMILES string of the molecule is O=[N+]([O-])c1ccc(OP([O-])(O)=S(Cl)Cl)c([N+](=O)[O-])c1. The van der Waals surface area contributed by atoms with Crippen molar-refractivity contribution in [1.29, 1.82) is 0 Å². The van der Waals surface area contributed by atoms with Gasteiger partial charge in [-0.25, -0.2) is 0 Å². The van der Waals surface area contributed by atoms with Crippen LogP contribution >= 0.6 is 28.1 Å². The normalized spacial score (nSPS) is 13.9. The fraction of sp³-hybridized carbons (Fsp3) is 0. The molecule has 19 heavy (non-hydrogen) atoms. The lowest BCUT2D eigenvalue weighted by molar-refractivity contribution is -0.394. The Morgan fingerprint density at radius 1 is 1.26 bits per heavy atom. The monoisotopic (exact) mass is 349 g/mol. The summed E-state index contributed by atoms with van der Waals surface area (Å²) in [5, 5.41) is 21.2. The average Bonchev–Trinajstić information content (AvgIpc) is 2.28. The first kappa shape index (κ1) is 16.2. The minimum atomic E-state index is -4.51. The number of non-ortho nitro benzene ring substituents is 1. The zero-order valence-electron chi connectivity index (χ0n) is 8.63. The number of hydrogen-bond acceptors (Lipinski definition) is 6. The van der Waals surface area contributed by atoms with Crippen molar-refractivity contribution >= 4 is 48.0 Å². The Morgan fingerprint density at radius 3 is 2.26 bits per heavy atom. The van der Waals surface area contributed by atoms with E-state index in [0.717, 1.165) is 12.1 Å². The van der Waals surface area contributed by atoms with E-state index in [9.17, 15) is 30.0 Å². The van der Waals surface area contributed by atoms with Crippen LogP contribution in [0.15, 0.2) is 18.2 Å². The maximum atomic E-state index is 11.4. The number of nitro groups is 2. The molecular weight excluding hydrogens is 346 g/mol. The third-order valence-corrected chi connectivity index (χ3v) is 6.92. The molecule has 0 saturated heterocycles. The minimum Gasteiger partial charge on any atom is -0.773 e. The molecule has 1 unspecified atom stereocenters. The topological polar surface area (TPSA) is 139 Å². The van der Waals surface area contributed by atoms with Gasteiger partial charge in [0.25, 0.3) is 5.69 Å². The second-order valence-corrected chi connectivity index (χ2v) is 10.5. The van der Waals surface area contributed by atoms with E-state index in [0.29, 0.717) is 6.07 Å². The molecule has 1 atom stereocenters. The van der Waals surface area contributed by atoms with Crippen LogP contribution in [-0.2, 0) is 8.50 Å². The van der Waals surface area contributed by atoms with Gasteiger partial charge in [0.05, 0.1) is 15.9 Å². The quantitative estimate of drug-likeness (QED) is 0.496. The zero-order chi connectivity index (χ0) is 14.8. The molecule has 0 saturated carbocycles. The van der Waals surface area contributed by atoms with Crippen molar-refractivity contribution in [2.75, 3.05) is 0 Å². The Bertz CT molecular complexity index is 599. The molecule has 1 aromatic carbocycles. The Kier molecular flexibility index (Phi) is 5.13. The summed E-state index contributed by atoms with van der Waals surface area (Å²) in [6.07, 6.45) is 0. The summed E-state index contributed by atoms with van der Waals surface area (Å²) in [5.41, 5.74) is -1.41. The first-order valence-corrected chi connectivity index (χ1v) is 9.24. The molecule has 0 aliphatic carbocycles. The molecule has 1 N–H and O–H groups in total. The van der Waals surface area contributed by atoms with E-state index in [4.69, 9.17) is 21.4 Å². The lowest BCUT2D eigenvalue weighted by Gasteiger charge is -2.25. The molecule has 13 heteroatoms. The average molecular weight is 350 g/mol. The summed E-state index contributed by atoms with van der Waals surface area (Å²) in [7, 11) is 8.33. The van der Waals surface area contributed by atoms with Gasteiger partial charge in [-0.3, -0.25) is 20.2 Å². The molecule has 0 aliphatic rings. The molecule has 106 valence electrons. The second-order valence-electron chi connectivity index (χ2n) is 2.92. The van der Waals surface area contributed by atoms with E-state index in [-0.39, 0.29) is 0 Å². The second kappa shape index (κ2) is 6.04. The Hall–Kier alpha value is -0.900. The Morgan fingerprint density at radius 2 is 1.84 bits per heavy atom. The van der Waals surface area contributed by atoms with Crippen molar-refractivity contribution in [3.8, 4) is 5.75 Å². The standard InChI is InChI=1S/C6H4Cl2N2O7PS/c7-19(8)18(15,16)17-6-2-1-4(9(11)12)3-5(6)10(13)14/h1-3H,(H-,15,16)/q-1. The van der Waals surface area contributed by atoms with Gasteiger partial charge in [0.2, 0.25) is 5.75 Å². The van der Waals surface area contributed by atoms with Crippen molar-refractivity contribution in [2.45, 2.75) is 0 Å². The van der Waals surface area contributed by atoms with Gasteiger partial charge in [-0.05, 0) is 27.4 Å². The van der Waals surface area contributed by atoms with E-state index in [2.05, 4.69) is 4.52 Å². The van der Waals surface area contributed by atoms with Crippen LogP contribution in [0.5, 0.6) is 5.75 Å². The Labute approximate surface area is 116 Å². The van der Waals surface area contributed by atoms with Gasteiger partial charge in [-0.1, -0.05) is 0 Å². The van der Waals surface area contributed by atoms with Crippen LogP contribution in [0.4, 0.5) is 11.4 Å². The highest BCUT2D eigenvalue weighted by molar-refractivity contribution is 8.53. The summed E-state index contributed by atoms with van der Waals surface area (Å²) in [4.78, 5) is 40.0. The van der Waals surface area contributed by atoms with E-state index in [1.54, 1.807) is 0 Å². The van der Waals surface area contributed by atoms with Crippen molar-refractivity contribution in [1.82, 2.24) is 0 Å². The number of rotatable bonds is 4. The predicted molar refractivity (Wildman–Crippen MR) is 68.6 cm³/mol. The van der Waals surface area contributed by atoms with Crippen LogP contribution in [-0.4, -0.2) is 14.7 Å². The lowest BCUT2D eigenvalue weighted by Crippen LogP contribution is -2.09. The van der Waals surface area contributed by atoms with Crippen molar-refractivity contribution in [3.05, 3.63) is 38.4 Å². The van der Waals surface area contributed by atoms with Gasteiger partial charge in [0.1, 0.15) is 0 Å². The van der Waals surface area contributed by atoms with Gasteiger partial charge in [0, 0.05) is 14.6 Å². The molecule has 0 spiro atoms. The van der Waals surface area contributed by atoms with Crippen molar-refractivity contribution in [2.24, 2.45) is 0 Å². The van der Waals surface area contributed by atoms with Gasteiger partial charge >= 0.3 is 5.69 Å². The summed E-state index contributed by atoms with van der Waals surface area (Å²) >= 11 is 0. The number of halogens is 2. The summed E-state index contributed by atoms with van der Waals surface area (Å²) in [6, 6.07) is 2.29. The van der Waals surface area contributed by atoms with Gasteiger partial charge in [-0.15, -0.1) is 0 Å². The molecule has 0 fully saturated rings. The van der Waals surface area contributed by atoms with Crippen molar-refractivity contribution in [3.63, 3.8) is 0 Å². The molecule has 0 radical (unpaired) electrons. The first-order chi connectivity index (χ1) is 8.65. The number of benzene rings is 1. The maximum absolute atomic E-state index is 11.4. The fourth-order valence-corrected chi connectivity index (χ4v) is 2.37. The fourth-order valence-electron chi connectivity index (χ4n) is 0.992. The highest BCUT2D eigenvalue weighted by Crippen LogP contribution is 2.46. The van der Waals surface area contributed by atoms with E-state index in [1.807, 2.05) is 0 Å². The summed E-state index contributed by atoms with van der Waals surface area (Å²) in [6.45, 7) is -4.51. The van der Waals surface area contributed by atoms with Gasteiger partial charge in [0.15, 0.2) is 6.72 Å². The van der Waals surface area contributed by atoms with Crippen LogP contribution in [0.2, 0.25) is 0 Å². The number of nitrogens with zero attached hydrogens (tertiary/aromatic N) is 2. The molecule has 0 amide bonds. The predicted octanol–water partition coefficient (Wildman–Crippen LogP) is 1.84. The zero-order valence-corrected chi connectivity index (χ0v) is 11.9. The van der Waals surface area contributed by atoms with E-state index >= 15 is 0 Å². The first-order valence-electron chi connectivity index (χ1n) is 4.18. The smallest absolute Gasteiger partial charge is 0.318 e. The molecule has 0 bridgehead atoms. The molecule has 0 aliphatic heterocycles. The van der Waals surface area contributed by atoms with Crippen LogP contribution in [0.3, 0.4) is 0 Å². The molecule has 0 heterocycles. The van der Waals surface area contributed by atoms with Crippen LogP contribution in [0.25, 0.3) is 0 Å². The molecule has 9 nitrogen and oxygen atoms in total. The summed E-state index contributed by atoms with van der Waals surface area (Å²) in [5.74, 6) is -0.639. The highest BCUT2D eigenvalue weighted by atomic mass is 36.0. The third kappa shape index (κ3) is 4.03.